The highest BCUT2D eigenvalue weighted by atomic mass is 32.2. The Labute approximate surface area is 109 Å². The second-order valence-electron chi connectivity index (χ2n) is 4.80. The third-order valence-electron chi connectivity index (χ3n) is 3.06. The molecule has 0 spiro atoms. The molecule has 0 fully saturated rings. The van der Waals surface area contributed by atoms with Gasteiger partial charge in [0, 0.05) is 0 Å². The lowest BCUT2D eigenvalue weighted by Gasteiger charge is -2.21. The maximum absolute atomic E-state index is 11.1. The van der Waals surface area contributed by atoms with Crippen LogP contribution in [0.4, 0.5) is 0 Å². The number of aryl methyl sites for hydroxylation is 1. The maximum Gasteiger partial charge on any atom is 0.264 e. The molecule has 0 amide bonds. The molecule has 98 valence electrons. The van der Waals surface area contributed by atoms with Gasteiger partial charge >= 0.3 is 0 Å². The maximum atomic E-state index is 11.1. The van der Waals surface area contributed by atoms with E-state index in [-0.39, 0.29) is 6.10 Å². The minimum absolute atomic E-state index is 0.200. The summed E-state index contributed by atoms with van der Waals surface area (Å²) in [5.41, 5.74) is 3.75. The van der Waals surface area contributed by atoms with Crippen LogP contribution in [-0.4, -0.2) is 20.8 Å². The Hall–Kier alpha value is -1.13. The van der Waals surface area contributed by atoms with E-state index in [1.54, 1.807) is 0 Å². The van der Waals surface area contributed by atoms with Gasteiger partial charge in [-0.3, -0.25) is 4.18 Å². The fourth-order valence-corrected chi connectivity index (χ4v) is 2.92. The van der Waals surface area contributed by atoms with Crippen LogP contribution in [0.25, 0.3) is 5.57 Å². The van der Waals surface area contributed by atoms with Crippen molar-refractivity contribution < 1.29 is 12.6 Å². The Kier molecular flexibility index (Phi) is 3.88. The Morgan fingerprint density at radius 3 is 2.67 bits per heavy atom. The number of rotatable bonds is 3. The van der Waals surface area contributed by atoms with Gasteiger partial charge in [-0.2, -0.15) is 8.42 Å². The topological polar surface area (TPSA) is 43.4 Å². The second-order valence-corrected chi connectivity index (χ2v) is 6.40. The van der Waals surface area contributed by atoms with E-state index in [1.165, 1.54) is 16.7 Å². The average molecular weight is 266 g/mol. The first-order chi connectivity index (χ1) is 8.44. The first-order valence-corrected chi connectivity index (χ1v) is 7.90. The van der Waals surface area contributed by atoms with Gasteiger partial charge in [-0.15, -0.1) is 0 Å². The Morgan fingerprint density at radius 2 is 2.11 bits per heavy atom. The first kappa shape index (κ1) is 13.3. The van der Waals surface area contributed by atoms with Crippen molar-refractivity contribution in [2.24, 2.45) is 0 Å². The minimum Gasteiger partial charge on any atom is -0.267 e. The molecule has 1 aromatic carbocycles. The van der Waals surface area contributed by atoms with E-state index in [9.17, 15) is 8.42 Å². The molecule has 0 N–H and O–H groups in total. The summed E-state index contributed by atoms with van der Waals surface area (Å²) < 4.78 is 27.1. The van der Waals surface area contributed by atoms with Crippen molar-refractivity contribution in [1.29, 1.82) is 0 Å². The molecule has 0 saturated carbocycles. The van der Waals surface area contributed by atoms with E-state index in [1.807, 2.05) is 6.07 Å². The quantitative estimate of drug-likeness (QED) is 0.790. The van der Waals surface area contributed by atoms with E-state index < -0.39 is 10.1 Å². The Bertz CT molecular complexity index is 558. The molecule has 1 aliphatic carbocycles. The SMILES string of the molecule is Cc1cccc(C2=CC[C@H](OS(C)(=O)=O)CC2)c1. The number of allylic oxidation sites excluding steroid dienone is 1. The minimum atomic E-state index is -3.34. The summed E-state index contributed by atoms with van der Waals surface area (Å²) in [6.07, 6.45) is 5.28. The number of hydrogen-bond acceptors (Lipinski definition) is 3. The zero-order chi connectivity index (χ0) is 13.2. The predicted octanol–water partition coefficient (Wildman–Crippen LogP) is 2.91. The van der Waals surface area contributed by atoms with Gasteiger partial charge in [0.05, 0.1) is 12.4 Å². The monoisotopic (exact) mass is 266 g/mol. The molecular formula is C14H18O3S. The van der Waals surface area contributed by atoms with Crippen molar-refractivity contribution in [3.05, 3.63) is 41.5 Å². The molecule has 4 heteroatoms. The normalized spacial score (nSPS) is 20.6. The highest BCUT2D eigenvalue weighted by Gasteiger charge is 2.19. The highest BCUT2D eigenvalue weighted by Crippen LogP contribution is 2.29. The van der Waals surface area contributed by atoms with Crippen LogP contribution in [0.15, 0.2) is 30.3 Å². The standard InChI is InChI=1S/C14H18O3S/c1-11-4-3-5-13(10-11)12-6-8-14(9-7-12)17-18(2,15)16/h3-6,10,14H,7-9H2,1-2H3/t14-/m0/s1. The van der Waals surface area contributed by atoms with E-state index in [4.69, 9.17) is 4.18 Å². The molecule has 1 atom stereocenters. The second kappa shape index (κ2) is 5.24. The fourth-order valence-electron chi connectivity index (χ4n) is 2.25. The Morgan fingerprint density at radius 1 is 1.33 bits per heavy atom. The molecule has 3 nitrogen and oxygen atoms in total. The molecule has 18 heavy (non-hydrogen) atoms. The molecule has 2 rings (SSSR count). The molecular weight excluding hydrogens is 248 g/mol. The molecule has 0 heterocycles. The molecule has 0 unspecified atom stereocenters. The molecule has 1 aliphatic rings. The zero-order valence-corrected chi connectivity index (χ0v) is 11.5. The van der Waals surface area contributed by atoms with Crippen molar-refractivity contribution in [2.75, 3.05) is 6.26 Å². The van der Waals surface area contributed by atoms with Crippen LogP contribution >= 0.6 is 0 Å². The van der Waals surface area contributed by atoms with E-state index in [0.29, 0.717) is 6.42 Å². The van der Waals surface area contributed by atoms with Gasteiger partial charge in [-0.05, 0) is 37.3 Å². The summed E-state index contributed by atoms with van der Waals surface area (Å²) in [6, 6.07) is 8.37. The van der Waals surface area contributed by atoms with E-state index >= 15 is 0 Å². The predicted molar refractivity (Wildman–Crippen MR) is 72.7 cm³/mol. The lowest BCUT2D eigenvalue weighted by atomic mass is 9.91. The fraction of sp³-hybridized carbons (Fsp3) is 0.429. The molecule has 0 bridgehead atoms. The van der Waals surface area contributed by atoms with Crippen molar-refractivity contribution in [1.82, 2.24) is 0 Å². The molecule has 1 aromatic rings. The number of hydrogen-bond donors (Lipinski definition) is 0. The smallest absolute Gasteiger partial charge is 0.264 e. The van der Waals surface area contributed by atoms with Crippen LogP contribution in [0.3, 0.4) is 0 Å². The molecule has 0 aromatic heterocycles. The summed E-state index contributed by atoms with van der Waals surface area (Å²) in [5, 5.41) is 0. The van der Waals surface area contributed by atoms with E-state index in [2.05, 4.69) is 31.2 Å². The lowest BCUT2D eigenvalue weighted by molar-refractivity contribution is 0.202. The van der Waals surface area contributed by atoms with Crippen molar-refractivity contribution in [2.45, 2.75) is 32.3 Å². The largest absolute Gasteiger partial charge is 0.267 e. The van der Waals surface area contributed by atoms with Gasteiger partial charge in [0.15, 0.2) is 0 Å². The summed E-state index contributed by atoms with van der Waals surface area (Å²) in [6.45, 7) is 2.07. The highest BCUT2D eigenvalue weighted by molar-refractivity contribution is 7.86. The summed E-state index contributed by atoms with van der Waals surface area (Å²) in [5.74, 6) is 0. The third-order valence-corrected chi connectivity index (χ3v) is 3.68. The zero-order valence-electron chi connectivity index (χ0n) is 10.7. The van der Waals surface area contributed by atoms with Crippen LogP contribution in [0.5, 0.6) is 0 Å². The van der Waals surface area contributed by atoms with Crippen LogP contribution in [0, 0.1) is 6.92 Å². The van der Waals surface area contributed by atoms with Crippen molar-refractivity contribution >= 4 is 15.7 Å². The summed E-state index contributed by atoms with van der Waals surface area (Å²) in [4.78, 5) is 0. The van der Waals surface area contributed by atoms with Crippen LogP contribution < -0.4 is 0 Å². The van der Waals surface area contributed by atoms with Crippen LogP contribution in [0.1, 0.15) is 30.4 Å². The van der Waals surface area contributed by atoms with Gasteiger partial charge < -0.3 is 0 Å². The van der Waals surface area contributed by atoms with Crippen LogP contribution in [-0.2, 0) is 14.3 Å². The van der Waals surface area contributed by atoms with Crippen LogP contribution in [0.2, 0.25) is 0 Å². The van der Waals surface area contributed by atoms with Crippen molar-refractivity contribution in [3.63, 3.8) is 0 Å². The van der Waals surface area contributed by atoms with Gasteiger partial charge in [0.2, 0.25) is 0 Å². The van der Waals surface area contributed by atoms with Gasteiger partial charge in [-0.1, -0.05) is 35.9 Å². The summed E-state index contributed by atoms with van der Waals surface area (Å²) >= 11 is 0. The van der Waals surface area contributed by atoms with Gasteiger partial charge in [-0.25, -0.2) is 0 Å². The van der Waals surface area contributed by atoms with Crippen molar-refractivity contribution in [3.8, 4) is 0 Å². The Balaban J connectivity index is 2.07. The van der Waals surface area contributed by atoms with Gasteiger partial charge in [0.1, 0.15) is 0 Å². The molecule has 0 radical (unpaired) electrons. The lowest BCUT2D eigenvalue weighted by Crippen LogP contribution is -2.19. The third kappa shape index (κ3) is 3.68. The molecule has 0 saturated heterocycles. The molecule has 0 aliphatic heterocycles. The summed E-state index contributed by atoms with van der Waals surface area (Å²) in [7, 11) is -3.34. The van der Waals surface area contributed by atoms with Gasteiger partial charge in [0.25, 0.3) is 10.1 Å². The first-order valence-electron chi connectivity index (χ1n) is 6.08. The van der Waals surface area contributed by atoms with E-state index in [0.717, 1.165) is 19.1 Å². The average Bonchev–Trinajstić information content (AvgIpc) is 2.28. The number of benzene rings is 1.